The summed E-state index contributed by atoms with van der Waals surface area (Å²) in [4.78, 5) is 28.9. The van der Waals surface area contributed by atoms with E-state index in [1.54, 1.807) is 17.1 Å². The van der Waals surface area contributed by atoms with Crippen molar-refractivity contribution in [2.45, 2.75) is 31.1 Å². The molecule has 3 aromatic heterocycles. The van der Waals surface area contributed by atoms with Gasteiger partial charge in [0.15, 0.2) is 5.78 Å². The minimum absolute atomic E-state index is 0.0229. The molecule has 0 amide bonds. The van der Waals surface area contributed by atoms with Gasteiger partial charge in [0.05, 0.1) is 11.9 Å². The van der Waals surface area contributed by atoms with Gasteiger partial charge in [-0.1, -0.05) is 30.2 Å². The Labute approximate surface area is 183 Å². The summed E-state index contributed by atoms with van der Waals surface area (Å²) < 4.78 is 0. The van der Waals surface area contributed by atoms with Gasteiger partial charge in [-0.05, 0) is 42.7 Å². The zero-order valence-electron chi connectivity index (χ0n) is 16.1. The van der Waals surface area contributed by atoms with Crippen LogP contribution in [0.1, 0.15) is 46.7 Å². The minimum Gasteiger partial charge on any atom is -0.341 e. The number of carbonyl (C=O) groups excluding carboxylic acids is 1. The normalized spacial score (nSPS) is 15.0. The zero-order chi connectivity index (χ0) is 20.6. The summed E-state index contributed by atoms with van der Waals surface area (Å²) in [7, 11) is 0. The van der Waals surface area contributed by atoms with Crippen molar-refractivity contribution in [1.82, 2.24) is 19.9 Å². The number of nitrogens with zero attached hydrogens (tertiary/aromatic N) is 3. The molecule has 5 rings (SSSR count). The fourth-order valence-corrected chi connectivity index (χ4v) is 4.76. The van der Waals surface area contributed by atoms with Gasteiger partial charge in [-0.2, -0.15) is 0 Å². The number of hydrogen-bond donors (Lipinski definition) is 1. The van der Waals surface area contributed by atoms with E-state index < -0.39 is 0 Å². The Kier molecular flexibility index (Phi) is 4.97. The van der Waals surface area contributed by atoms with Crippen LogP contribution in [0.3, 0.4) is 0 Å². The number of benzene rings is 1. The van der Waals surface area contributed by atoms with Crippen LogP contribution in [0, 0.1) is 0 Å². The van der Waals surface area contributed by atoms with E-state index in [4.69, 9.17) is 11.6 Å². The van der Waals surface area contributed by atoms with E-state index in [9.17, 15) is 4.79 Å². The number of halogens is 1. The molecule has 1 N–H and O–H groups in total. The van der Waals surface area contributed by atoms with Crippen LogP contribution < -0.4 is 0 Å². The van der Waals surface area contributed by atoms with Crippen LogP contribution in [-0.4, -0.2) is 25.7 Å². The summed E-state index contributed by atoms with van der Waals surface area (Å²) in [6.45, 7) is 0. The number of aromatic nitrogens is 4. The molecule has 1 saturated carbocycles. The molecule has 0 unspecified atom stereocenters. The van der Waals surface area contributed by atoms with Crippen molar-refractivity contribution in [1.29, 1.82) is 0 Å². The second kappa shape index (κ2) is 7.78. The van der Waals surface area contributed by atoms with Crippen molar-refractivity contribution in [2.24, 2.45) is 0 Å². The maximum absolute atomic E-state index is 12.2. The fraction of sp³-hybridized carbons (Fsp3) is 0.217. The highest BCUT2D eigenvalue weighted by Crippen LogP contribution is 2.49. The number of carbonyl (C=O) groups is 1. The maximum Gasteiger partial charge on any atom is 0.187 e. The molecule has 0 saturated heterocycles. The molecule has 1 fully saturated rings. The third-order valence-corrected chi connectivity index (χ3v) is 6.66. The number of ketones is 1. The van der Waals surface area contributed by atoms with Crippen molar-refractivity contribution in [3.63, 3.8) is 0 Å². The summed E-state index contributed by atoms with van der Waals surface area (Å²) in [6.07, 6.45) is 7.26. The van der Waals surface area contributed by atoms with Crippen molar-refractivity contribution in [2.75, 3.05) is 0 Å². The van der Waals surface area contributed by atoms with Crippen LogP contribution in [0.15, 0.2) is 59.7 Å². The number of pyridine rings is 1. The number of H-pyrrole nitrogens is 1. The van der Waals surface area contributed by atoms with Crippen LogP contribution in [0.4, 0.5) is 0 Å². The van der Waals surface area contributed by atoms with E-state index in [-0.39, 0.29) is 17.6 Å². The average Bonchev–Trinajstić information content (AvgIpc) is 3.41. The molecular formula is C23H19ClN4OS. The Bertz CT molecular complexity index is 1180. The van der Waals surface area contributed by atoms with Crippen molar-refractivity contribution >= 4 is 28.7 Å². The molecule has 5 nitrogen and oxygen atoms in total. The first-order valence-corrected chi connectivity index (χ1v) is 11.1. The zero-order valence-corrected chi connectivity index (χ0v) is 17.7. The van der Waals surface area contributed by atoms with Gasteiger partial charge in [0.1, 0.15) is 11.5 Å². The largest absolute Gasteiger partial charge is 0.341 e. The molecule has 7 heteroatoms. The summed E-state index contributed by atoms with van der Waals surface area (Å²) in [5.41, 5.74) is 6.05. The molecule has 0 atom stereocenters. The number of aromatic amines is 1. The highest BCUT2D eigenvalue weighted by molar-refractivity contribution is 7.07. The van der Waals surface area contributed by atoms with Gasteiger partial charge in [0.25, 0.3) is 0 Å². The first-order chi connectivity index (χ1) is 14.6. The van der Waals surface area contributed by atoms with E-state index in [0.29, 0.717) is 5.69 Å². The highest BCUT2D eigenvalue weighted by Gasteiger charge is 2.42. The van der Waals surface area contributed by atoms with E-state index in [2.05, 4.69) is 32.1 Å². The van der Waals surface area contributed by atoms with Crippen molar-refractivity contribution < 1.29 is 4.79 Å². The van der Waals surface area contributed by atoms with Crippen molar-refractivity contribution in [3.8, 4) is 11.4 Å². The molecule has 30 heavy (non-hydrogen) atoms. The lowest BCUT2D eigenvalue weighted by Crippen LogP contribution is -2.35. The lowest BCUT2D eigenvalue weighted by molar-refractivity contribution is 0.0988. The van der Waals surface area contributed by atoms with Gasteiger partial charge in [-0.3, -0.25) is 9.78 Å². The van der Waals surface area contributed by atoms with Crippen LogP contribution in [-0.2, 0) is 11.8 Å². The van der Waals surface area contributed by atoms with Gasteiger partial charge in [-0.25, -0.2) is 9.97 Å². The summed E-state index contributed by atoms with van der Waals surface area (Å²) in [5, 5.41) is 2.52. The lowest BCUT2D eigenvalue weighted by atomic mass is 9.63. The summed E-state index contributed by atoms with van der Waals surface area (Å²) in [5.74, 6) is 0.758. The summed E-state index contributed by atoms with van der Waals surface area (Å²) in [6, 6.07) is 11.9. The quantitative estimate of drug-likeness (QED) is 0.408. The number of imidazole rings is 1. The Morgan fingerprint density at radius 2 is 2.03 bits per heavy atom. The topological polar surface area (TPSA) is 71.5 Å². The average molecular weight is 435 g/mol. The smallest absolute Gasteiger partial charge is 0.187 e. The van der Waals surface area contributed by atoms with Crippen LogP contribution in [0.25, 0.3) is 11.4 Å². The van der Waals surface area contributed by atoms with E-state index in [1.807, 2.05) is 30.5 Å². The van der Waals surface area contributed by atoms with Crippen LogP contribution in [0.2, 0.25) is 5.02 Å². The summed E-state index contributed by atoms with van der Waals surface area (Å²) >= 11 is 7.66. The second-order valence-electron chi connectivity index (χ2n) is 7.60. The SMILES string of the molecule is O=C(Cc1ccc(-c2ncc(C3(c4cccc(Cl)c4)CCC3)[nH]2)cn1)c1cscn1. The monoisotopic (exact) mass is 434 g/mol. The van der Waals surface area contributed by atoms with E-state index >= 15 is 0 Å². The molecule has 0 radical (unpaired) electrons. The van der Waals surface area contributed by atoms with Gasteiger partial charge < -0.3 is 4.98 Å². The maximum atomic E-state index is 12.2. The third-order valence-electron chi connectivity index (χ3n) is 5.83. The van der Waals surface area contributed by atoms with Gasteiger partial charge in [-0.15, -0.1) is 11.3 Å². The standard InChI is InChI=1S/C23H19ClN4OS/c24-17-4-1-3-16(9-17)23(7-2-8-23)21-12-26-22(28-21)15-5-6-18(25-11-15)10-20(29)19-13-30-14-27-19/h1,3-6,9,11-14H,2,7-8,10H2,(H,26,28). The molecular weight excluding hydrogens is 416 g/mol. The molecule has 1 aliphatic rings. The van der Waals surface area contributed by atoms with E-state index in [0.717, 1.165) is 40.6 Å². The molecule has 150 valence electrons. The Hall–Kier alpha value is -2.83. The van der Waals surface area contributed by atoms with Crippen molar-refractivity contribution in [3.05, 3.63) is 87.4 Å². The Morgan fingerprint density at radius 3 is 2.70 bits per heavy atom. The van der Waals surface area contributed by atoms with Crippen LogP contribution >= 0.6 is 22.9 Å². The Balaban J connectivity index is 1.37. The molecule has 1 aromatic carbocycles. The number of Topliss-reactive ketones (excluding diaryl/α,β-unsaturated/α-hetero) is 1. The first kappa shape index (κ1) is 19.2. The molecule has 0 aliphatic heterocycles. The molecule has 0 bridgehead atoms. The van der Waals surface area contributed by atoms with Gasteiger partial charge >= 0.3 is 0 Å². The number of hydrogen-bond acceptors (Lipinski definition) is 5. The first-order valence-electron chi connectivity index (χ1n) is 9.82. The third kappa shape index (κ3) is 3.46. The molecule has 4 aromatic rings. The number of nitrogens with one attached hydrogen (secondary N) is 1. The second-order valence-corrected chi connectivity index (χ2v) is 8.76. The van der Waals surface area contributed by atoms with Gasteiger partial charge in [0, 0.05) is 45.2 Å². The lowest BCUT2D eigenvalue weighted by Gasteiger charge is -2.41. The predicted molar refractivity (Wildman–Crippen MR) is 118 cm³/mol. The molecule has 1 aliphatic carbocycles. The van der Waals surface area contributed by atoms with Gasteiger partial charge in [0.2, 0.25) is 0 Å². The fourth-order valence-electron chi connectivity index (χ4n) is 4.02. The Morgan fingerprint density at radius 1 is 1.13 bits per heavy atom. The number of thiazole rings is 1. The van der Waals surface area contributed by atoms with Crippen LogP contribution in [0.5, 0.6) is 0 Å². The number of rotatable bonds is 6. The predicted octanol–water partition coefficient (Wildman–Crippen LogP) is 5.48. The van der Waals surface area contributed by atoms with E-state index in [1.165, 1.54) is 23.3 Å². The molecule has 0 spiro atoms. The highest BCUT2D eigenvalue weighted by atomic mass is 35.5. The minimum atomic E-state index is -0.0521. The molecule has 3 heterocycles.